The molecular weight excluding hydrogens is 284 g/mol. The van der Waals surface area contributed by atoms with Crippen LogP contribution in [0.2, 0.25) is 0 Å². The minimum absolute atomic E-state index is 0.0444. The number of ketones is 1. The molecule has 0 radical (unpaired) electrons. The van der Waals surface area contributed by atoms with Gasteiger partial charge in [0.1, 0.15) is 19.0 Å². The van der Waals surface area contributed by atoms with E-state index in [0.29, 0.717) is 11.3 Å². The summed E-state index contributed by atoms with van der Waals surface area (Å²) in [5.74, 6) is 0.717. The predicted molar refractivity (Wildman–Crippen MR) is 81.1 cm³/mol. The van der Waals surface area contributed by atoms with Gasteiger partial charge in [-0.2, -0.15) is 0 Å². The van der Waals surface area contributed by atoms with Gasteiger partial charge in [0.15, 0.2) is 5.76 Å². The number of benzene rings is 1. The van der Waals surface area contributed by atoms with Crippen LogP contribution in [0.1, 0.15) is 11.1 Å². The third kappa shape index (κ3) is 2.56. The Hall–Kier alpha value is -2.37. The molecule has 0 aliphatic heterocycles. The molecule has 0 atom stereocenters. The lowest BCUT2D eigenvalue weighted by Crippen LogP contribution is -2.13. The van der Waals surface area contributed by atoms with Crippen molar-refractivity contribution in [3.8, 4) is 5.75 Å². The van der Waals surface area contributed by atoms with Crippen LogP contribution < -0.4 is 4.74 Å². The molecule has 5 heteroatoms. The first-order valence-electron chi connectivity index (χ1n) is 7.05. The van der Waals surface area contributed by atoms with Gasteiger partial charge in [0.25, 0.3) is 0 Å². The third-order valence-corrected chi connectivity index (χ3v) is 3.48. The van der Waals surface area contributed by atoms with Crippen LogP contribution in [0.25, 0.3) is 11.6 Å². The van der Waals surface area contributed by atoms with E-state index in [1.165, 1.54) is 0 Å². The van der Waals surface area contributed by atoms with E-state index >= 15 is 0 Å². The van der Waals surface area contributed by atoms with Crippen LogP contribution in [-0.4, -0.2) is 42.4 Å². The minimum atomic E-state index is -0.181. The Labute approximate surface area is 127 Å². The van der Waals surface area contributed by atoms with Crippen molar-refractivity contribution in [2.45, 2.75) is 0 Å². The van der Waals surface area contributed by atoms with Crippen LogP contribution in [0.15, 0.2) is 41.7 Å². The normalized spacial score (nSPS) is 15.5. The molecule has 0 unspecified atom stereocenters. The summed E-state index contributed by atoms with van der Waals surface area (Å²) in [6.07, 6.45) is 5.29. The van der Waals surface area contributed by atoms with Gasteiger partial charge in [0.2, 0.25) is 5.78 Å². The highest BCUT2D eigenvalue weighted by Gasteiger charge is 2.29. The van der Waals surface area contributed by atoms with Gasteiger partial charge in [-0.05, 0) is 47.1 Å². The zero-order chi connectivity index (χ0) is 15.5. The van der Waals surface area contributed by atoms with Gasteiger partial charge in [-0.1, -0.05) is 6.07 Å². The van der Waals surface area contributed by atoms with Gasteiger partial charge < -0.3 is 19.7 Å². The van der Waals surface area contributed by atoms with Gasteiger partial charge in [-0.25, -0.2) is 0 Å². The summed E-state index contributed by atoms with van der Waals surface area (Å²) < 4.78 is 10.6. The topological polar surface area (TPSA) is 76.0 Å². The summed E-state index contributed by atoms with van der Waals surface area (Å²) in [5, 5.41) is 17.6. The molecule has 2 aliphatic carbocycles. The molecule has 22 heavy (non-hydrogen) atoms. The van der Waals surface area contributed by atoms with E-state index in [9.17, 15) is 4.79 Å². The molecule has 0 saturated carbocycles. The fourth-order valence-corrected chi connectivity index (χ4v) is 2.54. The maximum Gasteiger partial charge on any atom is 0.228 e. The van der Waals surface area contributed by atoms with Gasteiger partial charge in [-0.15, -0.1) is 0 Å². The van der Waals surface area contributed by atoms with Gasteiger partial charge in [0.05, 0.1) is 13.2 Å². The van der Waals surface area contributed by atoms with Crippen LogP contribution in [0.5, 0.6) is 5.75 Å². The molecule has 0 heterocycles. The standard InChI is InChI=1S/C17H16O5/c18-5-7-21-12-1-2-13-11(9-12)10-15-14(13)3-4-16(17(15)20)22-8-6-19/h1-4,9-10,18-19H,5-8H2. The fraction of sp³-hybridized carbons (Fsp3) is 0.235. The molecule has 0 spiro atoms. The number of aliphatic hydroxyl groups excluding tert-OH is 2. The van der Waals surface area contributed by atoms with Crippen LogP contribution in [-0.2, 0) is 9.53 Å². The number of aliphatic hydroxyl groups is 2. The van der Waals surface area contributed by atoms with Crippen molar-refractivity contribution >= 4 is 17.4 Å². The highest BCUT2D eigenvalue weighted by atomic mass is 16.5. The molecular formula is C17H16O5. The molecule has 5 nitrogen and oxygen atoms in total. The van der Waals surface area contributed by atoms with E-state index in [4.69, 9.17) is 19.7 Å². The maximum atomic E-state index is 12.4. The molecule has 1 aromatic carbocycles. The van der Waals surface area contributed by atoms with Crippen LogP contribution in [0.3, 0.4) is 0 Å². The molecule has 0 bridgehead atoms. The van der Waals surface area contributed by atoms with Gasteiger partial charge in [-0.3, -0.25) is 4.79 Å². The Balaban J connectivity index is 1.88. The summed E-state index contributed by atoms with van der Waals surface area (Å²) in [6.45, 7) is 0.154. The van der Waals surface area contributed by atoms with E-state index in [0.717, 1.165) is 16.7 Å². The number of rotatable bonds is 6. The monoisotopic (exact) mass is 300 g/mol. The highest BCUT2D eigenvalue weighted by molar-refractivity contribution is 6.25. The first-order chi connectivity index (χ1) is 10.7. The number of allylic oxidation sites excluding steroid dienone is 4. The van der Waals surface area contributed by atoms with Crippen LogP contribution >= 0.6 is 0 Å². The number of ether oxygens (including phenoxy) is 2. The van der Waals surface area contributed by atoms with Crippen molar-refractivity contribution in [1.29, 1.82) is 0 Å². The molecule has 1 aromatic rings. The molecule has 2 N–H and O–H groups in total. The van der Waals surface area contributed by atoms with Crippen LogP contribution in [0, 0.1) is 0 Å². The molecule has 114 valence electrons. The maximum absolute atomic E-state index is 12.4. The van der Waals surface area contributed by atoms with Crippen molar-refractivity contribution in [1.82, 2.24) is 0 Å². The highest BCUT2D eigenvalue weighted by Crippen LogP contribution is 2.40. The predicted octanol–water partition coefficient (Wildman–Crippen LogP) is 1.31. The second-order valence-electron chi connectivity index (χ2n) is 4.89. The molecule has 3 rings (SSSR count). The van der Waals surface area contributed by atoms with Crippen molar-refractivity contribution in [3.63, 3.8) is 0 Å². The average molecular weight is 300 g/mol. The van der Waals surface area contributed by atoms with Crippen molar-refractivity contribution in [2.75, 3.05) is 26.4 Å². The summed E-state index contributed by atoms with van der Waals surface area (Å²) in [4.78, 5) is 12.4. The summed E-state index contributed by atoms with van der Waals surface area (Å²) in [7, 11) is 0. The number of fused-ring (bicyclic) bond motifs is 3. The van der Waals surface area contributed by atoms with E-state index in [1.807, 2.05) is 30.4 Å². The first-order valence-corrected chi connectivity index (χ1v) is 7.05. The lowest BCUT2D eigenvalue weighted by Gasteiger charge is -2.14. The van der Waals surface area contributed by atoms with Crippen LogP contribution in [0.4, 0.5) is 0 Å². The van der Waals surface area contributed by atoms with E-state index in [2.05, 4.69) is 0 Å². The third-order valence-electron chi connectivity index (χ3n) is 3.48. The van der Waals surface area contributed by atoms with Gasteiger partial charge in [0, 0.05) is 5.57 Å². The van der Waals surface area contributed by atoms with Crippen molar-refractivity contribution < 1.29 is 24.5 Å². The molecule has 0 aromatic heterocycles. The second kappa shape index (κ2) is 6.17. The SMILES string of the molecule is O=C1C(OCCO)=CC=C2C1=Cc1cc(OCCO)ccc12. The van der Waals surface area contributed by atoms with Crippen molar-refractivity contribution in [2.24, 2.45) is 0 Å². The number of Topliss-reactive ketones (excluding diaryl/α,β-unsaturated/α-hetero) is 1. The molecule has 0 saturated heterocycles. The van der Waals surface area contributed by atoms with E-state index in [1.54, 1.807) is 6.08 Å². The number of carbonyl (C=O) groups is 1. The Morgan fingerprint density at radius 1 is 0.955 bits per heavy atom. The Morgan fingerprint density at radius 3 is 2.50 bits per heavy atom. The Kier molecular flexibility index (Phi) is 4.09. The number of hydrogen-bond acceptors (Lipinski definition) is 5. The second-order valence-corrected chi connectivity index (χ2v) is 4.89. The Morgan fingerprint density at radius 2 is 1.73 bits per heavy atom. The van der Waals surface area contributed by atoms with Crippen molar-refractivity contribution in [3.05, 3.63) is 52.8 Å². The number of carbonyl (C=O) groups excluding carboxylic acids is 1. The van der Waals surface area contributed by atoms with E-state index < -0.39 is 0 Å². The zero-order valence-electron chi connectivity index (χ0n) is 11.9. The molecule has 0 amide bonds. The quantitative estimate of drug-likeness (QED) is 0.828. The first kappa shape index (κ1) is 14.6. The lowest BCUT2D eigenvalue weighted by molar-refractivity contribution is -0.115. The van der Waals surface area contributed by atoms with E-state index in [-0.39, 0.29) is 38.0 Å². The van der Waals surface area contributed by atoms with Gasteiger partial charge >= 0.3 is 0 Å². The molecule has 2 aliphatic rings. The lowest BCUT2D eigenvalue weighted by atomic mass is 9.95. The average Bonchev–Trinajstić information content (AvgIpc) is 2.91. The summed E-state index contributed by atoms with van der Waals surface area (Å²) in [6, 6.07) is 5.56. The Bertz CT molecular complexity index is 697. The zero-order valence-corrected chi connectivity index (χ0v) is 11.9. The summed E-state index contributed by atoms with van der Waals surface area (Å²) >= 11 is 0. The molecule has 0 fully saturated rings. The fourth-order valence-electron chi connectivity index (χ4n) is 2.54. The smallest absolute Gasteiger partial charge is 0.228 e. The number of hydrogen-bond donors (Lipinski definition) is 2. The largest absolute Gasteiger partial charge is 0.491 e. The minimum Gasteiger partial charge on any atom is -0.491 e. The summed E-state index contributed by atoms with van der Waals surface area (Å²) in [5.41, 5.74) is 3.33.